The summed E-state index contributed by atoms with van der Waals surface area (Å²) in [6, 6.07) is 4.15. The Kier molecular flexibility index (Phi) is 4.30. The Balaban J connectivity index is 1.27. The van der Waals surface area contributed by atoms with E-state index in [1.54, 1.807) is 0 Å². The van der Waals surface area contributed by atoms with Crippen LogP contribution in [0.3, 0.4) is 0 Å². The van der Waals surface area contributed by atoms with Gasteiger partial charge in [0.2, 0.25) is 5.95 Å². The summed E-state index contributed by atoms with van der Waals surface area (Å²) in [5.41, 5.74) is 1.07. The van der Waals surface area contributed by atoms with Gasteiger partial charge in [-0.3, -0.25) is 0 Å². The summed E-state index contributed by atoms with van der Waals surface area (Å²) in [4.78, 5) is 25.9. The molecule has 0 aromatic carbocycles. The summed E-state index contributed by atoms with van der Waals surface area (Å²) in [5.74, 6) is 4.63. The van der Waals surface area contributed by atoms with Crippen LogP contribution in [0.2, 0.25) is 0 Å². The Hall–Kier alpha value is -2.44. The van der Waals surface area contributed by atoms with Gasteiger partial charge in [-0.2, -0.15) is 4.98 Å². The molecule has 4 heterocycles. The normalized spacial score (nSPS) is 20.4. The summed E-state index contributed by atoms with van der Waals surface area (Å²) in [6.45, 7) is 8.03. The number of hydrogen-bond donors (Lipinski definition) is 0. The molecule has 2 aromatic rings. The van der Waals surface area contributed by atoms with E-state index in [4.69, 9.17) is 9.97 Å². The number of aryl methyl sites for hydroxylation is 1. The molecular weight excluding hydrogens is 338 g/mol. The zero-order valence-corrected chi connectivity index (χ0v) is 16.0. The lowest BCUT2D eigenvalue weighted by atomic mass is 10.3. The van der Waals surface area contributed by atoms with E-state index < -0.39 is 0 Å². The lowest BCUT2D eigenvalue weighted by Gasteiger charge is -2.35. The van der Waals surface area contributed by atoms with Crippen molar-refractivity contribution in [1.29, 1.82) is 0 Å². The van der Waals surface area contributed by atoms with Crippen molar-refractivity contribution in [3.05, 3.63) is 29.8 Å². The molecule has 0 bridgehead atoms. The lowest BCUT2D eigenvalue weighted by Crippen LogP contribution is -2.47. The van der Waals surface area contributed by atoms with Gasteiger partial charge in [0.05, 0.1) is 0 Å². The van der Waals surface area contributed by atoms with Crippen molar-refractivity contribution in [2.45, 2.75) is 38.5 Å². The summed E-state index contributed by atoms with van der Waals surface area (Å²) >= 11 is 0. The quantitative estimate of drug-likeness (QED) is 0.824. The third-order valence-corrected chi connectivity index (χ3v) is 5.75. The summed E-state index contributed by atoms with van der Waals surface area (Å²) in [7, 11) is 0. The minimum atomic E-state index is 0.590. The van der Waals surface area contributed by atoms with Gasteiger partial charge in [-0.1, -0.05) is 0 Å². The van der Waals surface area contributed by atoms with Gasteiger partial charge in [-0.25, -0.2) is 15.0 Å². The maximum absolute atomic E-state index is 4.84. The predicted octanol–water partition coefficient (Wildman–Crippen LogP) is 2.38. The van der Waals surface area contributed by atoms with E-state index in [9.17, 15) is 0 Å². The van der Waals surface area contributed by atoms with Crippen molar-refractivity contribution < 1.29 is 0 Å². The molecule has 0 N–H and O–H groups in total. The molecule has 2 aliphatic heterocycles. The molecule has 0 amide bonds. The monoisotopic (exact) mass is 365 g/mol. The zero-order valence-electron chi connectivity index (χ0n) is 16.0. The number of hydrogen-bond acceptors (Lipinski definition) is 7. The molecule has 0 radical (unpaired) electrons. The van der Waals surface area contributed by atoms with Crippen LogP contribution < -0.4 is 14.7 Å². The molecule has 1 aliphatic carbocycles. The molecule has 7 nitrogen and oxygen atoms in total. The maximum Gasteiger partial charge on any atom is 0.227 e. The number of rotatable bonds is 4. The number of piperazine rings is 1. The Morgan fingerprint density at radius 3 is 2.26 bits per heavy atom. The van der Waals surface area contributed by atoms with Gasteiger partial charge >= 0.3 is 0 Å². The molecule has 0 atom stereocenters. The molecule has 2 aromatic heterocycles. The average Bonchev–Trinajstić information content (AvgIpc) is 3.42. The van der Waals surface area contributed by atoms with Crippen LogP contribution in [0.4, 0.5) is 17.6 Å². The molecule has 142 valence electrons. The average molecular weight is 365 g/mol. The summed E-state index contributed by atoms with van der Waals surface area (Å²) in [5, 5.41) is 0. The minimum Gasteiger partial charge on any atom is -0.356 e. The van der Waals surface area contributed by atoms with Crippen molar-refractivity contribution >= 4 is 17.6 Å². The van der Waals surface area contributed by atoms with E-state index >= 15 is 0 Å². The Morgan fingerprint density at radius 2 is 1.52 bits per heavy atom. The molecule has 27 heavy (non-hydrogen) atoms. The van der Waals surface area contributed by atoms with E-state index in [1.807, 2.05) is 12.3 Å². The zero-order chi connectivity index (χ0) is 18.2. The number of anilines is 3. The molecule has 0 spiro atoms. The van der Waals surface area contributed by atoms with Gasteiger partial charge in [0.1, 0.15) is 17.5 Å². The first kappa shape index (κ1) is 16.7. The Labute approximate surface area is 160 Å². The fraction of sp³-hybridized carbons (Fsp3) is 0.600. The second-order valence-electron chi connectivity index (χ2n) is 7.88. The maximum atomic E-state index is 4.84. The summed E-state index contributed by atoms with van der Waals surface area (Å²) in [6.07, 6.45) is 6.90. The smallest absolute Gasteiger partial charge is 0.227 e. The van der Waals surface area contributed by atoms with Crippen LogP contribution in [0.25, 0.3) is 0 Å². The van der Waals surface area contributed by atoms with Gasteiger partial charge in [-0.05, 0) is 38.7 Å². The Morgan fingerprint density at radius 1 is 0.815 bits per heavy atom. The highest BCUT2D eigenvalue weighted by atomic mass is 15.3. The van der Waals surface area contributed by atoms with Gasteiger partial charge < -0.3 is 14.7 Å². The van der Waals surface area contributed by atoms with Gasteiger partial charge in [0, 0.05) is 63.1 Å². The van der Waals surface area contributed by atoms with Crippen LogP contribution in [0.15, 0.2) is 18.3 Å². The highest BCUT2D eigenvalue weighted by Crippen LogP contribution is 2.38. The fourth-order valence-electron chi connectivity index (χ4n) is 4.01. The second kappa shape index (κ2) is 6.94. The van der Waals surface area contributed by atoms with Crippen LogP contribution in [-0.2, 0) is 0 Å². The van der Waals surface area contributed by atoms with Crippen LogP contribution >= 0.6 is 0 Å². The Bertz CT molecular complexity index is 806. The molecule has 2 saturated heterocycles. The molecule has 5 rings (SSSR count). The number of nitrogens with zero attached hydrogens (tertiary/aromatic N) is 7. The molecular formula is C20H27N7. The van der Waals surface area contributed by atoms with E-state index in [0.717, 1.165) is 68.4 Å². The first-order valence-electron chi connectivity index (χ1n) is 10.2. The van der Waals surface area contributed by atoms with Crippen LogP contribution in [0, 0.1) is 6.92 Å². The topological polar surface area (TPSA) is 61.3 Å². The lowest BCUT2D eigenvalue weighted by molar-refractivity contribution is 0.631. The van der Waals surface area contributed by atoms with E-state index in [2.05, 4.69) is 37.7 Å². The third-order valence-electron chi connectivity index (χ3n) is 5.75. The molecule has 3 aliphatic rings. The number of aromatic nitrogens is 4. The molecule has 7 heteroatoms. The van der Waals surface area contributed by atoms with Crippen LogP contribution in [-0.4, -0.2) is 59.2 Å². The van der Waals surface area contributed by atoms with E-state index in [-0.39, 0.29) is 0 Å². The SMILES string of the molecule is Cc1cc(N2CCN(c3nccc(N4CCCC4)n3)CC2)nc(C2CC2)n1. The van der Waals surface area contributed by atoms with E-state index in [1.165, 1.54) is 25.7 Å². The first-order chi connectivity index (χ1) is 13.3. The molecule has 0 unspecified atom stereocenters. The van der Waals surface area contributed by atoms with Crippen molar-refractivity contribution in [1.82, 2.24) is 19.9 Å². The van der Waals surface area contributed by atoms with Gasteiger partial charge in [0.25, 0.3) is 0 Å². The molecule has 3 fully saturated rings. The van der Waals surface area contributed by atoms with E-state index in [0.29, 0.717) is 5.92 Å². The van der Waals surface area contributed by atoms with Gasteiger partial charge in [-0.15, -0.1) is 0 Å². The standard InChI is InChI=1S/C20H27N7/c1-15-14-18(23-19(22-15)16-4-5-16)26-10-12-27(13-11-26)20-21-7-6-17(24-20)25-8-2-3-9-25/h6-7,14,16H,2-5,8-13H2,1H3. The fourth-order valence-corrected chi connectivity index (χ4v) is 4.01. The minimum absolute atomic E-state index is 0.590. The van der Waals surface area contributed by atoms with Crippen molar-refractivity contribution in [3.63, 3.8) is 0 Å². The first-order valence-corrected chi connectivity index (χ1v) is 10.2. The highest BCUT2D eigenvalue weighted by Gasteiger charge is 2.28. The highest BCUT2D eigenvalue weighted by molar-refractivity contribution is 5.47. The second-order valence-corrected chi connectivity index (χ2v) is 7.88. The van der Waals surface area contributed by atoms with Crippen molar-refractivity contribution in [3.8, 4) is 0 Å². The van der Waals surface area contributed by atoms with Crippen LogP contribution in [0.1, 0.15) is 43.1 Å². The van der Waals surface area contributed by atoms with Crippen molar-refractivity contribution in [2.75, 3.05) is 54.0 Å². The predicted molar refractivity (Wildman–Crippen MR) is 107 cm³/mol. The van der Waals surface area contributed by atoms with Crippen molar-refractivity contribution in [2.24, 2.45) is 0 Å². The van der Waals surface area contributed by atoms with Gasteiger partial charge in [0.15, 0.2) is 0 Å². The molecule has 1 saturated carbocycles. The largest absolute Gasteiger partial charge is 0.356 e. The van der Waals surface area contributed by atoms with Crippen LogP contribution in [0.5, 0.6) is 0 Å². The third kappa shape index (κ3) is 3.55. The summed E-state index contributed by atoms with van der Waals surface area (Å²) < 4.78 is 0.